The van der Waals surface area contributed by atoms with Crippen molar-refractivity contribution in [1.29, 1.82) is 0 Å². The highest BCUT2D eigenvalue weighted by Gasteiger charge is 2.27. The van der Waals surface area contributed by atoms with Crippen LogP contribution in [0.2, 0.25) is 0 Å². The zero-order valence-corrected chi connectivity index (χ0v) is 10.8. The van der Waals surface area contributed by atoms with Crippen molar-refractivity contribution in [1.82, 2.24) is 20.4 Å². The molecule has 5 nitrogen and oxygen atoms in total. The molecule has 3 heterocycles. The Hall–Kier alpha value is -1.36. The van der Waals surface area contributed by atoms with Crippen LogP contribution >= 0.6 is 0 Å². The van der Waals surface area contributed by atoms with Crippen molar-refractivity contribution < 1.29 is 4.79 Å². The molecule has 1 aromatic rings. The topological polar surface area (TPSA) is 61.0 Å². The van der Waals surface area contributed by atoms with Crippen LogP contribution < -0.4 is 5.32 Å². The van der Waals surface area contributed by atoms with Gasteiger partial charge in [0.25, 0.3) is 5.91 Å². The van der Waals surface area contributed by atoms with Crippen LogP contribution in [0.5, 0.6) is 0 Å². The molecular weight excluding hydrogens is 228 g/mol. The van der Waals surface area contributed by atoms with Gasteiger partial charge in [0, 0.05) is 43.9 Å². The normalized spacial score (nSPS) is 23.8. The van der Waals surface area contributed by atoms with E-state index in [4.69, 9.17) is 0 Å². The predicted octanol–water partition coefficient (Wildman–Crippen LogP) is 0.927. The maximum atomic E-state index is 12.5. The molecule has 0 radical (unpaired) electrons. The summed E-state index contributed by atoms with van der Waals surface area (Å²) in [7, 11) is 0. The molecule has 1 amide bonds. The molecule has 2 aliphatic heterocycles. The van der Waals surface area contributed by atoms with Crippen LogP contribution in [0.25, 0.3) is 0 Å². The summed E-state index contributed by atoms with van der Waals surface area (Å²) in [5.74, 6) is 0.707. The number of hydrogen-bond donors (Lipinski definition) is 2. The Morgan fingerprint density at radius 2 is 2.39 bits per heavy atom. The number of likely N-dealkylation sites (tertiary alicyclic amines) is 1. The molecule has 1 atom stereocenters. The number of nitrogens with zero attached hydrogens (tertiary/aromatic N) is 2. The molecule has 0 aromatic carbocycles. The summed E-state index contributed by atoms with van der Waals surface area (Å²) in [6.45, 7) is 5.67. The van der Waals surface area contributed by atoms with Crippen molar-refractivity contribution >= 4 is 5.91 Å². The maximum absolute atomic E-state index is 12.5. The van der Waals surface area contributed by atoms with Gasteiger partial charge in [-0.1, -0.05) is 6.92 Å². The number of amides is 1. The lowest BCUT2D eigenvalue weighted by molar-refractivity contribution is 0.0675. The van der Waals surface area contributed by atoms with Gasteiger partial charge in [-0.15, -0.1) is 0 Å². The second kappa shape index (κ2) is 4.72. The molecule has 2 aliphatic rings. The molecule has 1 aromatic heterocycles. The molecule has 1 fully saturated rings. The minimum absolute atomic E-state index is 0.0998. The van der Waals surface area contributed by atoms with Gasteiger partial charge in [0.2, 0.25) is 0 Å². The first kappa shape index (κ1) is 11.7. The van der Waals surface area contributed by atoms with E-state index in [2.05, 4.69) is 22.4 Å². The number of carbonyl (C=O) groups is 1. The number of hydrogen-bond acceptors (Lipinski definition) is 3. The number of nitrogens with one attached hydrogen (secondary N) is 2. The SMILES string of the molecule is C[C@@H]1CCCN(C(=O)c2n[nH]c3c2CNCC3)C1. The Balaban J connectivity index is 1.81. The van der Waals surface area contributed by atoms with E-state index in [0.717, 1.165) is 50.3 Å². The first-order valence-corrected chi connectivity index (χ1v) is 6.82. The van der Waals surface area contributed by atoms with Gasteiger partial charge in [0.15, 0.2) is 5.69 Å². The fourth-order valence-corrected chi connectivity index (χ4v) is 2.93. The summed E-state index contributed by atoms with van der Waals surface area (Å²) < 4.78 is 0. The molecule has 98 valence electrons. The van der Waals surface area contributed by atoms with Crippen LogP contribution in [0.1, 0.15) is 41.5 Å². The summed E-state index contributed by atoms with van der Waals surface area (Å²) in [6.07, 6.45) is 3.27. The molecular formula is C13H20N4O. The highest BCUT2D eigenvalue weighted by molar-refractivity contribution is 5.94. The van der Waals surface area contributed by atoms with E-state index in [0.29, 0.717) is 11.6 Å². The number of carbonyl (C=O) groups excluding carboxylic acids is 1. The smallest absolute Gasteiger partial charge is 0.274 e. The first-order chi connectivity index (χ1) is 8.75. The van der Waals surface area contributed by atoms with Crippen LogP contribution in [0, 0.1) is 5.92 Å². The molecule has 3 rings (SSSR count). The van der Waals surface area contributed by atoms with Crippen LogP contribution in [-0.2, 0) is 13.0 Å². The lowest BCUT2D eigenvalue weighted by Gasteiger charge is -2.30. The van der Waals surface area contributed by atoms with Crippen LogP contribution in [-0.4, -0.2) is 40.6 Å². The van der Waals surface area contributed by atoms with E-state index in [9.17, 15) is 4.79 Å². The third-order valence-corrected chi connectivity index (χ3v) is 3.95. The fraction of sp³-hybridized carbons (Fsp3) is 0.692. The Kier molecular flexibility index (Phi) is 3.07. The van der Waals surface area contributed by atoms with E-state index >= 15 is 0 Å². The van der Waals surface area contributed by atoms with Crippen molar-refractivity contribution in [3.05, 3.63) is 17.0 Å². The Morgan fingerprint density at radius 1 is 1.50 bits per heavy atom. The zero-order chi connectivity index (χ0) is 12.5. The quantitative estimate of drug-likeness (QED) is 0.777. The Labute approximate surface area is 107 Å². The number of aromatic nitrogens is 2. The molecule has 1 saturated heterocycles. The highest BCUT2D eigenvalue weighted by atomic mass is 16.2. The van der Waals surface area contributed by atoms with Gasteiger partial charge in [-0.2, -0.15) is 5.10 Å². The molecule has 18 heavy (non-hydrogen) atoms. The van der Waals surface area contributed by atoms with Gasteiger partial charge in [-0.25, -0.2) is 0 Å². The van der Waals surface area contributed by atoms with Gasteiger partial charge in [-0.3, -0.25) is 9.89 Å². The zero-order valence-electron chi connectivity index (χ0n) is 10.8. The highest BCUT2D eigenvalue weighted by Crippen LogP contribution is 2.21. The van der Waals surface area contributed by atoms with Gasteiger partial charge in [0.05, 0.1) is 0 Å². The summed E-state index contributed by atoms with van der Waals surface area (Å²) >= 11 is 0. The minimum atomic E-state index is 0.0998. The molecule has 0 saturated carbocycles. The summed E-state index contributed by atoms with van der Waals surface area (Å²) in [4.78, 5) is 14.5. The van der Waals surface area contributed by atoms with E-state index in [1.54, 1.807) is 0 Å². The van der Waals surface area contributed by atoms with E-state index < -0.39 is 0 Å². The monoisotopic (exact) mass is 248 g/mol. The number of rotatable bonds is 1. The average Bonchev–Trinajstić information content (AvgIpc) is 2.82. The van der Waals surface area contributed by atoms with Gasteiger partial charge >= 0.3 is 0 Å². The maximum Gasteiger partial charge on any atom is 0.274 e. The van der Waals surface area contributed by atoms with E-state index in [-0.39, 0.29) is 5.91 Å². The van der Waals surface area contributed by atoms with Crippen molar-refractivity contribution in [2.45, 2.75) is 32.7 Å². The average molecular weight is 248 g/mol. The van der Waals surface area contributed by atoms with E-state index in [1.165, 1.54) is 6.42 Å². The molecule has 0 spiro atoms. The van der Waals surface area contributed by atoms with Gasteiger partial charge < -0.3 is 10.2 Å². The predicted molar refractivity (Wildman–Crippen MR) is 68.3 cm³/mol. The molecule has 5 heteroatoms. The number of H-pyrrole nitrogens is 1. The van der Waals surface area contributed by atoms with Crippen LogP contribution in [0.15, 0.2) is 0 Å². The number of aromatic amines is 1. The lowest BCUT2D eigenvalue weighted by atomic mass is 9.99. The summed E-state index contributed by atoms with van der Waals surface area (Å²) in [5.41, 5.74) is 2.83. The van der Waals surface area contributed by atoms with Crippen molar-refractivity contribution in [3.8, 4) is 0 Å². The third-order valence-electron chi connectivity index (χ3n) is 3.95. The largest absolute Gasteiger partial charge is 0.337 e. The number of piperidine rings is 1. The molecule has 0 bridgehead atoms. The van der Waals surface area contributed by atoms with Crippen molar-refractivity contribution in [3.63, 3.8) is 0 Å². The second-order valence-corrected chi connectivity index (χ2v) is 5.45. The first-order valence-electron chi connectivity index (χ1n) is 6.82. The van der Waals surface area contributed by atoms with Crippen molar-refractivity contribution in [2.75, 3.05) is 19.6 Å². The number of fused-ring (bicyclic) bond motifs is 1. The lowest BCUT2D eigenvalue weighted by Crippen LogP contribution is -2.40. The van der Waals surface area contributed by atoms with E-state index in [1.807, 2.05) is 4.90 Å². The van der Waals surface area contributed by atoms with Crippen LogP contribution in [0.4, 0.5) is 0 Å². The standard InChI is InChI=1S/C13H20N4O/c1-9-3-2-6-17(8-9)13(18)12-10-7-14-5-4-11(10)15-16-12/h9,14H,2-8H2,1H3,(H,15,16)/t9-/m1/s1. The van der Waals surface area contributed by atoms with Crippen molar-refractivity contribution in [2.24, 2.45) is 5.92 Å². The summed E-state index contributed by atoms with van der Waals surface area (Å²) in [5, 5.41) is 10.6. The van der Waals surface area contributed by atoms with Gasteiger partial charge in [0.1, 0.15) is 0 Å². The summed E-state index contributed by atoms with van der Waals surface area (Å²) in [6, 6.07) is 0. The Bertz CT molecular complexity index is 454. The minimum Gasteiger partial charge on any atom is -0.337 e. The Morgan fingerprint density at radius 3 is 3.22 bits per heavy atom. The third kappa shape index (κ3) is 2.03. The second-order valence-electron chi connectivity index (χ2n) is 5.45. The molecule has 0 unspecified atom stereocenters. The molecule has 2 N–H and O–H groups in total. The van der Waals surface area contributed by atoms with Crippen LogP contribution in [0.3, 0.4) is 0 Å². The molecule has 0 aliphatic carbocycles. The fourth-order valence-electron chi connectivity index (χ4n) is 2.93. The van der Waals surface area contributed by atoms with Gasteiger partial charge in [-0.05, 0) is 18.8 Å².